The third kappa shape index (κ3) is 2.69. The van der Waals surface area contributed by atoms with Gasteiger partial charge in [0, 0.05) is 7.11 Å². The minimum Gasteiger partial charge on any atom is -0.383 e. The number of methoxy groups -OCH3 is 1. The van der Waals surface area contributed by atoms with Crippen molar-refractivity contribution in [1.29, 1.82) is 0 Å². The Labute approximate surface area is 128 Å². The maximum atomic E-state index is 13.1. The summed E-state index contributed by atoms with van der Waals surface area (Å²) in [5.41, 5.74) is 0.283. The van der Waals surface area contributed by atoms with Crippen LogP contribution < -0.4 is 0 Å². The predicted octanol–water partition coefficient (Wildman–Crippen LogP) is 2.35. The van der Waals surface area contributed by atoms with Crippen LogP contribution in [0.4, 0.5) is 0 Å². The zero-order valence-electron chi connectivity index (χ0n) is 12.4. The van der Waals surface area contributed by atoms with E-state index in [1.54, 1.807) is 18.0 Å². The van der Waals surface area contributed by atoms with Gasteiger partial charge in [-0.15, -0.1) is 0 Å². The number of ether oxygens (including phenoxy) is 1. The van der Waals surface area contributed by atoms with E-state index in [0.29, 0.717) is 18.8 Å². The molecule has 0 radical (unpaired) electrons. The number of nitrogens with zero attached hydrogens (tertiary/aromatic N) is 3. The van der Waals surface area contributed by atoms with Crippen molar-refractivity contribution in [2.75, 3.05) is 27.8 Å². The number of halogens is 1. The maximum absolute atomic E-state index is 13.1. The molecule has 1 fully saturated rings. The van der Waals surface area contributed by atoms with E-state index in [0.717, 1.165) is 30.2 Å². The van der Waals surface area contributed by atoms with Crippen molar-refractivity contribution in [3.63, 3.8) is 0 Å². The molecule has 0 saturated heterocycles. The lowest BCUT2D eigenvalue weighted by molar-refractivity contribution is 0.0677. The van der Waals surface area contributed by atoms with E-state index in [-0.39, 0.29) is 11.3 Å². The molecule has 1 heterocycles. The number of rotatable bonds is 6. The number of hydrogen-bond donors (Lipinski definition) is 0. The average Bonchev–Trinajstić information content (AvgIpc) is 3.03. The molecule has 1 aliphatic rings. The molecule has 1 aliphatic carbocycles. The first-order chi connectivity index (χ1) is 9.53. The minimum atomic E-state index is -0.382. The van der Waals surface area contributed by atoms with Crippen LogP contribution in [0.1, 0.15) is 36.2 Å². The van der Waals surface area contributed by atoms with E-state index in [1.165, 1.54) is 0 Å². The first-order valence-electron chi connectivity index (χ1n) is 6.95. The first kappa shape index (κ1) is 15.7. The van der Waals surface area contributed by atoms with Crippen molar-refractivity contribution in [2.24, 2.45) is 0 Å². The predicted molar refractivity (Wildman–Crippen MR) is 81.0 cm³/mol. The second-order valence-electron chi connectivity index (χ2n) is 5.52. The van der Waals surface area contributed by atoms with E-state index in [1.807, 2.05) is 14.1 Å². The first-order valence-corrected chi connectivity index (χ1v) is 7.74. The molecule has 0 bridgehead atoms. The Morgan fingerprint density at radius 3 is 2.70 bits per heavy atom. The molecule has 0 unspecified atom stereocenters. The van der Waals surface area contributed by atoms with Gasteiger partial charge in [-0.05, 0) is 42.9 Å². The molecule has 112 valence electrons. The smallest absolute Gasteiger partial charge is 0.202 e. The highest BCUT2D eigenvalue weighted by Crippen LogP contribution is 2.37. The summed E-state index contributed by atoms with van der Waals surface area (Å²) in [5, 5.41) is 4.29. The Morgan fingerprint density at radius 2 is 2.15 bits per heavy atom. The van der Waals surface area contributed by atoms with Crippen molar-refractivity contribution in [3.05, 3.63) is 16.4 Å². The average molecular weight is 344 g/mol. The molecule has 0 spiro atoms. The molecular formula is C14H22BrN3O2. The highest BCUT2D eigenvalue weighted by Gasteiger charge is 2.45. The van der Waals surface area contributed by atoms with Crippen molar-refractivity contribution < 1.29 is 9.53 Å². The van der Waals surface area contributed by atoms with Gasteiger partial charge in [-0.3, -0.25) is 14.4 Å². The van der Waals surface area contributed by atoms with Crippen LogP contribution in [0.15, 0.2) is 10.7 Å². The van der Waals surface area contributed by atoms with Crippen LogP contribution in [0.5, 0.6) is 0 Å². The maximum Gasteiger partial charge on any atom is 0.202 e. The third-order valence-corrected chi connectivity index (χ3v) is 4.81. The Morgan fingerprint density at radius 1 is 1.50 bits per heavy atom. The molecule has 1 saturated carbocycles. The van der Waals surface area contributed by atoms with Gasteiger partial charge >= 0.3 is 0 Å². The van der Waals surface area contributed by atoms with Gasteiger partial charge in [0.1, 0.15) is 5.69 Å². The second-order valence-corrected chi connectivity index (χ2v) is 6.37. The van der Waals surface area contributed by atoms with Gasteiger partial charge < -0.3 is 4.74 Å². The molecule has 0 atom stereocenters. The monoisotopic (exact) mass is 343 g/mol. The molecule has 0 amide bonds. The Balaban J connectivity index is 2.34. The molecule has 6 heteroatoms. The van der Waals surface area contributed by atoms with Crippen molar-refractivity contribution in [2.45, 2.75) is 37.8 Å². The molecular weight excluding hydrogens is 322 g/mol. The van der Waals surface area contributed by atoms with Gasteiger partial charge in [0.05, 0.1) is 29.4 Å². The van der Waals surface area contributed by atoms with E-state index in [4.69, 9.17) is 4.74 Å². The fourth-order valence-corrected chi connectivity index (χ4v) is 3.47. The van der Waals surface area contributed by atoms with Gasteiger partial charge in [-0.2, -0.15) is 5.10 Å². The summed E-state index contributed by atoms with van der Waals surface area (Å²) in [5.74, 6) is 0.167. The molecule has 0 aliphatic heterocycles. The van der Waals surface area contributed by atoms with E-state index in [9.17, 15) is 4.79 Å². The van der Waals surface area contributed by atoms with Crippen LogP contribution in [-0.4, -0.2) is 53.8 Å². The van der Waals surface area contributed by atoms with Gasteiger partial charge in [-0.25, -0.2) is 0 Å². The van der Waals surface area contributed by atoms with Crippen LogP contribution in [0.3, 0.4) is 0 Å². The summed E-state index contributed by atoms with van der Waals surface area (Å²) in [7, 11) is 5.64. The third-order valence-electron chi connectivity index (χ3n) is 4.23. The largest absolute Gasteiger partial charge is 0.383 e. The molecule has 1 aromatic rings. The van der Waals surface area contributed by atoms with Crippen molar-refractivity contribution >= 4 is 21.7 Å². The molecule has 20 heavy (non-hydrogen) atoms. The van der Waals surface area contributed by atoms with Crippen molar-refractivity contribution in [1.82, 2.24) is 14.7 Å². The number of hydrogen-bond acceptors (Lipinski definition) is 4. The Kier molecular flexibility index (Phi) is 4.99. The topological polar surface area (TPSA) is 47.4 Å². The van der Waals surface area contributed by atoms with E-state index < -0.39 is 0 Å². The quantitative estimate of drug-likeness (QED) is 0.744. The number of carbonyl (C=O) groups excluding carboxylic acids is 1. The van der Waals surface area contributed by atoms with Gasteiger partial charge in [0.25, 0.3) is 0 Å². The lowest BCUT2D eigenvalue weighted by atomic mass is 9.88. The summed E-state index contributed by atoms with van der Waals surface area (Å²) in [6.07, 6.45) is 5.74. The molecule has 2 rings (SSSR count). The summed E-state index contributed by atoms with van der Waals surface area (Å²) in [6.45, 7) is 1.13. The lowest BCUT2D eigenvalue weighted by Crippen LogP contribution is -2.49. The van der Waals surface area contributed by atoms with Crippen LogP contribution in [0, 0.1) is 0 Å². The van der Waals surface area contributed by atoms with Crippen molar-refractivity contribution in [3.8, 4) is 0 Å². The molecule has 5 nitrogen and oxygen atoms in total. The molecule has 0 aromatic carbocycles. The second kappa shape index (κ2) is 6.37. The van der Waals surface area contributed by atoms with Gasteiger partial charge in [-0.1, -0.05) is 12.8 Å². The fraction of sp³-hybridized carbons (Fsp3) is 0.714. The van der Waals surface area contributed by atoms with Gasteiger partial charge in [0.2, 0.25) is 5.78 Å². The summed E-state index contributed by atoms with van der Waals surface area (Å²) < 4.78 is 7.61. The number of Topliss-reactive ketones (excluding diaryl/α,β-unsaturated/α-hetero) is 1. The standard InChI is InChI=1S/C14H22BrN3O2/c1-17(2)14(6-4-5-7-14)13(19)12-11(15)10-16-18(12)8-9-20-3/h10H,4-9H2,1-3H3. The Hall–Kier alpha value is -0.720. The minimum absolute atomic E-state index is 0.167. The number of aromatic nitrogens is 2. The normalized spacial score (nSPS) is 17.9. The SMILES string of the molecule is COCCn1ncc(Br)c1C(=O)C1(N(C)C)CCCC1. The summed E-state index contributed by atoms with van der Waals surface area (Å²) in [6, 6.07) is 0. The lowest BCUT2D eigenvalue weighted by Gasteiger charge is -2.34. The van der Waals surface area contributed by atoms with E-state index in [2.05, 4.69) is 25.9 Å². The highest BCUT2D eigenvalue weighted by atomic mass is 79.9. The summed E-state index contributed by atoms with van der Waals surface area (Å²) >= 11 is 3.47. The van der Waals surface area contributed by atoms with Gasteiger partial charge in [0.15, 0.2) is 0 Å². The van der Waals surface area contributed by atoms with Crippen LogP contribution in [0.2, 0.25) is 0 Å². The zero-order valence-corrected chi connectivity index (χ0v) is 13.9. The van der Waals surface area contributed by atoms with Crippen LogP contribution in [0.25, 0.3) is 0 Å². The fourth-order valence-electron chi connectivity index (χ4n) is 2.99. The molecule has 1 aromatic heterocycles. The van der Waals surface area contributed by atoms with E-state index >= 15 is 0 Å². The highest BCUT2D eigenvalue weighted by molar-refractivity contribution is 9.10. The number of likely N-dealkylation sites (N-methyl/N-ethyl adjacent to an activating group) is 1. The Bertz CT molecular complexity index is 479. The molecule has 0 N–H and O–H groups in total. The number of carbonyl (C=O) groups is 1. The zero-order chi connectivity index (χ0) is 14.8. The summed E-state index contributed by atoms with van der Waals surface area (Å²) in [4.78, 5) is 15.2. The van der Waals surface area contributed by atoms with Crippen LogP contribution >= 0.6 is 15.9 Å². The number of ketones is 1. The van der Waals surface area contributed by atoms with Crippen LogP contribution in [-0.2, 0) is 11.3 Å².